The second-order valence-electron chi connectivity index (χ2n) is 6.10. The number of rotatable bonds is 3. The fourth-order valence-corrected chi connectivity index (χ4v) is 4.13. The van der Waals surface area contributed by atoms with E-state index >= 15 is 0 Å². The van der Waals surface area contributed by atoms with E-state index in [4.69, 9.17) is 27.9 Å². The Hall–Kier alpha value is -1.13. The van der Waals surface area contributed by atoms with Crippen LogP contribution in [0, 0.1) is 17.3 Å². The van der Waals surface area contributed by atoms with Crippen molar-refractivity contribution in [3.63, 3.8) is 0 Å². The number of hydrogen-bond donors (Lipinski definition) is 0. The Kier molecular flexibility index (Phi) is 3.70. The van der Waals surface area contributed by atoms with Crippen molar-refractivity contribution in [2.24, 2.45) is 17.3 Å². The highest BCUT2D eigenvalue weighted by Crippen LogP contribution is 2.61. The summed E-state index contributed by atoms with van der Waals surface area (Å²) in [5, 5.41) is 0.462. The Morgan fingerprint density at radius 1 is 1.14 bits per heavy atom. The molecule has 1 aromatic heterocycles. The highest BCUT2D eigenvalue weighted by molar-refractivity contribution is 6.33. The summed E-state index contributed by atoms with van der Waals surface area (Å²) >= 11 is 11.7. The van der Waals surface area contributed by atoms with Gasteiger partial charge in [0.2, 0.25) is 0 Å². The molecule has 0 unspecified atom stereocenters. The van der Waals surface area contributed by atoms with Crippen molar-refractivity contribution in [3.8, 4) is 0 Å². The van der Waals surface area contributed by atoms with Gasteiger partial charge in [-0.2, -0.15) is 0 Å². The molecule has 4 nitrogen and oxygen atoms in total. The summed E-state index contributed by atoms with van der Waals surface area (Å²) < 4.78 is 4.74. The SMILES string of the molecule is COC(=O)C1CC2(C1)CC(C(=O)c1cc(Cl)nc(Cl)c1)C2. The van der Waals surface area contributed by atoms with Crippen LogP contribution in [0.15, 0.2) is 12.1 Å². The predicted molar refractivity (Wildman–Crippen MR) is 78.5 cm³/mol. The summed E-state index contributed by atoms with van der Waals surface area (Å²) in [6.07, 6.45) is 3.33. The first-order valence-corrected chi connectivity index (χ1v) is 7.63. The van der Waals surface area contributed by atoms with Crippen LogP contribution in [0.3, 0.4) is 0 Å². The van der Waals surface area contributed by atoms with Gasteiger partial charge in [0.05, 0.1) is 13.0 Å². The van der Waals surface area contributed by atoms with E-state index in [-0.39, 0.29) is 39.3 Å². The fourth-order valence-electron chi connectivity index (χ4n) is 3.67. The number of carbonyl (C=O) groups excluding carboxylic acids is 2. The Labute approximate surface area is 132 Å². The first kappa shape index (κ1) is 14.8. The number of nitrogens with zero attached hydrogens (tertiary/aromatic N) is 1. The first-order valence-electron chi connectivity index (χ1n) is 6.88. The molecule has 0 aromatic carbocycles. The minimum atomic E-state index is -0.136. The molecule has 0 atom stereocenters. The molecule has 1 heterocycles. The molecule has 0 bridgehead atoms. The highest BCUT2D eigenvalue weighted by atomic mass is 35.5. The number of methoxy groups -OCH3 is 1. The van der Waals surface area contributed by atoms with E-state index in [1.165, 1.54) is 7.11 Å². The highest BCUT2D eigenvalue weighted by Gasteiger charge is 2.56. The lowest BCUT2D eigenvalue weighted by Gasteiger charge is -2.56. The van der Waals surface area contributed by atoms with Gasteiger partial charge in [-0.3, -0.25) is 9.59 Å². The minimum Gasteiger partial charge on any atom is -0.469 e. The van der Waals surface area contributed by atoms with E-state index in [0.717, 1.165) is 25.7 Å². The van der Waals surface area contributed by atoms with Gasteiger partial charge in [0.1, 0.15) is 10.3 Å². The van der Waals surface area contributed by atoms with Crippen molar-refractivity contribution < 1.29 is 14.3 Å². The molecule has 0 N–H and O–H groups in total. The molecule has 1 spiro atoms. The van der Waals surface area contributed by atoms with Crippen LogP contribution >= 0.6 is 23.2 Å². The molecule has 2 aliphatic carbocycles. The van der Waals surface area contributed by atoms with Crippen molar-refractivity contribution >= 4 is 35.0 Å². The van der Waals surface area contributed by atoms with Gasteiger partial charge in [-0.1, -0.05) is 23.2 Å². The monoisotopic (exact) mass is 327 g/mol. The molecular formula is C15H15Cl2NO3. The van der Waals surface area contributed by atoms with Gasteiger partial charge in [0.15, 0.2) is 5.78 Å². The number of esters is 1. The van der Waals surface area contributed by atoms with Crippen LogP contribution in [0.1, 0.15) is 36.0 Å². The van der Waals surface area contributed by atoms with Gasteiger partial charge < -0.3 is 4.74 Å². The zero-order chi connectivity index (χ0) is 15.2. The van der Waals surface area contributed by atoms with Crippen LogP contribution in [0.5, 0.6) is 0 Å². The maximum atomic E-state index is 12.4. The molecular weight excluding hydrogens is 313 g/mol. The third-order valence-corrected chi connectivity index (χ3v) is 5.06. The Bertz CT molecular complexity index is 583. The maximum absolute atomic E-state index is 12.4. The summed E-state index contributed by atoms with van der Waals surface area (Å²) in [7, 11) is 1.41. The molecule has 112 valence electrons. The number of hydrogen-bond acceptors (Lipinski definition) is 4. The number of ether oxygens (including phenoxy) is 1. The normalized spacial score (nSPS) is 30.4. The molecule has 6 heteroatoms. The van der Waals surface area contributed by atoms with E-state index in [1.807, 2.05) is 0 Å². The van der Waals surface area contributed by atoms with Gasteiger partial charge in [-0.25, -0.2) is 4.98 Å². The quantitative estimate of drug-likeness (QED) is 0.484. The van der Waals surface area contributed by atoms with E-state index in [0.29, 0.717) is 5.56 Å². The molecule has 0 aliphatic heterocycles. The third-order valence-electron chi connectivity index (χ3n) is 4.67. The number of ketones is 1. The Morgan fingerprint density at radius 2 is 1.67 bits per heavy atom. The third kappa shape index (κ3) is 2.67. The minimum absolute atomic E-state index is 0.00173. The van der Waals surface area contributed by atoms with E-state index in [2.05, 4.69) is 4.98 Å². The summed E-state index contributed by atoms with van der Waals surface area (Å²) in [6.45, 7) is 0. The van der Waals surface area contributed by atoms with Gasteiger partial charge in [-0.05, 0) is 43.2 Å². The Balaban J connectivity index is 1.60. The van der Waals surface area contributed by atoms with Crippen LogP contribution < -0.4 is 0 Å². The zero-order valence-corrected chi connectivity index (χ0v) is 13.1. The molecule has 0 radical (unpaired) electrons. The molecule has 2 aliphatic rings. The summed E-state index contributed by atoms with van der Waals surface area (Å²) in [5.74, 6) is -0.0644. The lowest BCUT2D eigenvalue weighted by molar-refractivity contribution is -0.160. The van der Waals surface area contributed by atoms with E-state index in [1.54, 1.807) is 12.1 Å². The number of halogens is 2. The first-order chi connectivity index (χ1) is 9.92. The molecule has 2 saturated carbocycles. The van der Waals surface area contributed by atoms with Crippen molar-refractivity contribution in [3.05, 3.63) is 28.0 Å². The average Bonchev–Trinajstić information content (AvgIpc) is 2.33. The summed E-state index contributed by atoms with van der Waals surface area (Å²) in [4.78, 5) is 27.6. The summed E-state index contributed by atoms with van der Waals surface area (Å²) in [5.41, 5.74) is 0.684. The molecule has 21 heavy (non-hydrogen) atoms. The summed E-state index contributed by atoms with van der Waals surface area (Å²) in [6, 6.07) is 3.11. The smallest absolute Gasteiger partial charge is 0.308 e. The lowest BCUT2D eigenvalue weighted by Crippen LogP contribution is -2.51. The number of pyridine rings is 1. The standard InChI is InChI=1S/C15H15Cl2NO3/c1-21-14(20)10-6-15(7-10)4-9(5-15)13(19)8-2-11(16)18-12(17)3-8/h2-3,9-10H,4-7H2,1H3. The number of carbonyl (C=O) groups is 2. The number of Topliss-reactive ketones (excluding diaryl/α,β-unsaturated/α-hetero) is 1. The van der Waals surface area contributed by atoms with Crippen LogP contribution in [0.4, 0.5) is 0 Å². The van der Waals surface area contributed by atoms with Crippen molar-refractivity contribution in [2.45, 2.75) is 25.7 Å². The van der Waals surface area contributed by atoms with Crippen molar-refractivity contribution in [1.29, 1.82) is 0 Å². The molecule has 0 amide bonds. The van der Waals surface area contributed by atoms with Crippen molar-refractivity contribution in [2.75, 3.05) is 7.11 Å². The van der Waals surface area contributed by atoms with Gasteiger partial charge in [-0.15, -0.1) is 0 Å². The van der Waals surface area contributed by atoms with Crippen LogP contribution in [0.2, 0.25) is 10.3 Å². The number of aromatic nitrogens is 1. The van der Waals surface area contributed by atoms with Gasteiger partial charge in [0.25, 0.3) is 0 Å². The Morgan fingerprint density at radius 3 is 2.19 bits per heavy atom. The van der Waals surface area contributed by atoms with Gasteiger partial charge in [0, 0.05) is 11.5 Å². The molecule has 3 rings (SSSR count). The van der Waals surface area contributed by atoms with Crippen molar-refractivity contribution in [1.82, 2.24) is 4.98 Å². The van der Waals surface area contributed by atoms with Crippen LogP contribution in [-0.2, 0) is 9.53 Å². The lowest BCUT2D eigenvalue weighted by atomic mass is 9.47. The van der Waals surface area contributed by atoms with E-state index in [9.17, 15) is 9.59 Å². The molecule has 1 aromatic rings. The predicted octanol–water partition coefficient (Wildman–Crippen LogP) is 3.55. The topological polar surface area (TPSA) is 56.3 Å². The van der Waals surface area contributed by atoms with Gasteiger partial charge >= 0.3 is 5.97 Å². The maximum Gasteiger partial charge on any atom is 0.308 e. The second-order valence-corrected chi connectivity index (χ2v) is 6.87. The largest absolute Gasteiger partial charge is 0.469 e. The average molecular weight is 328 g/mol. The molecule has 0 saturated heterocycles. The van der Waals surface area contributed by atoms with Crippen LogP contribution in [0.25, 0.3) is 0 Å². The van der Waals surface area contributed by atoms with E-state index < -0.39 is 0 Å². The molecule has 2 fully saturated rings. The van der Waals surface area contributed by atoms with Crippen LogP contribution in [-0.4, -0.2) is 23.8 Å². The second kappa shape index (κ2) is 5.25. The zero-order valence-electron chi connectivity index (χ0n) is 11.6. The fraction of sp³-hybridized carbons (Fsp3) is 0.533.